The molecule has 1 aliphatic rings. The lowest BCUT2D eigenvalue weighted by molar-refractivity contribution is 0.0690. The lowest BCUT2D eigenvalue weighted by Crippen LogP contribution is -2.39. The second kappa shape index (κ2) is 11.6. The molecule has 0 N–H and O–H groups in total. The summed E-state index contributed by atoms with van der Waals surface area (Å²) < 4.78 is 17.1. The molecule has 1 fully saturated rings. The van der Waals surface area contributed by atoms with Crippen molar-refractivity contribution in [3.63, 3.8) is 0 Å². The van der Waals surface area contributed by atoms with Crippen molar-refractivity contribution in [3.8, 4) is 17.2 Å². The Kier molecular flexibility index (Phi) is 8.08. The molecule has 1 amide bonds. The number of likely N-dealkylation sites (tertiary alicyclic amines) is 1. The first-order chi connectivity index (χ1) is 16.7. The molecule has 0 spiro atoms. The summed E-state index contributed by atoms with van der Waals surface area (Å²) in [5, 5.41) is 0. The standard InChI is InChI=1S/C29H33NO4/c1-3-33-28-13-12-24(19-25(28)21-34-27-11-7-10-26(20-27)32-2)29(31)30-16-14-23(15-17-30)18-22-8-5-4-6-9-22/h4-13,19-20,23H,3,14-18,21H2,1-2H3. The van der Waals surface area contributed by atoms with Crippen LogP contribution in [0.25, 0.3) is 0 Å². The predicted molar refractivity (Wildman–Crippen MR) is 134 cm³/mol. The third kappa shape index (κ3) is 6.10. The van der Waals surface area contributed by atoms with Gasteiger partial charge in [0, 0.05) is 30.3 Å². The quantitative estimate of drug-likeness (QED) is 0.408. The predicted octanol–water partition coefficient (Wildman–Crippen LogP) is 5.77. The highest BCUT2D eigenvalue weighted by Crippen LogP contribution is 2.27. The Balaban J connectivity index is 1.40. The smallest absolute Gasteiger partial charge is 0.253 e. The molecular formula is C29H33NO4. The van der Waals surface area contributed by atoms with Gasteiger partial charge in [0.1, 0.15) is 23.9 Å². The summed E-state index contributed by atoms with van der Waals surface area (Å²) in [6.45, 7) is 4.39. The minimum absolute atomic E-state index is 0.0730. The van der Waals surface area contributed by atoms with E-state index in [0.29, 0.717) is 30.4 Å². The summed E-state index contributed by atoms with van der Waals surface area (Å²) in [5.41, 5.74) is 2.91. The summed E-state index contributed by atoms with van der Waals surface area (Å²) in [5.74, 6) is 2.88. The number of benzene rings is 3. The minimum Gasteiger partial charge on any atom is -0.497 e. The van der Waals surface area contributed by atoms with Crippen molar-refractivity contribution in [1.29, 1.82) is 0 Å². The minimum atomic E-state index is 0.0730. The molecule has 1 aliphatic heterocycles. The number of hydrogen-bond acceptors (Lipinski definition) is 4. The zero-order valence-electron chi connectivity index (χ0n) is 20.0. The van der Waals surface area contributed by atoms with Gasteiger partial charge in [0.15, 0.2) is 0 Å². The molecule has 0 bridgehead atoms. The van der Waals surface area contributed by atoms with Gasteiger partial charge in [0.25, 0.3) is 5.91 Å². The van der Waals surface area contributed by atoms with Crippen LogP contribution in [0, 0.1) is 5.92 Å². The summed E-state index contributed by atoms with van der Waals surface area (Å²) in [6, 6.07) is 23.7. The lowest BCUT2D eigenvalue weighted by atomic mass is 9.90. The monoisotopic (exact) mass is 459 g/mol. The molecule has 5 nitrogen and oxygen atoms in total. The van der Waals surface area contributed by atoms with Crippen LogP contribution in [0.4, 0.5) is 0 Å². The van der Waals surface area contributed by atoms with Gasteiger partial charge >= 0.3 is 0 Å². The molecule has 0 atom stereocenters. The Morgan fingerprint density at radius 3 is 2.41 bits per heavy atom. The molecule has 34 heavy (non-hydrogen) atoms. The lowest BCUT2D eigenvalue weighted by Gasteiger charge is -2.32. The van der Waals surface area contributed by atoms with Crippen molar-refractivity contribution in [3.05, 3.63) is 89.5 Å². The normalized spacial score (nSPS) is 14.0. The van der Waals surface area contributed by atoms with Gasteiger partial charge in [-0.3, -0.25) is 4.79 Å². The van der Waals surface area contributed by atoms with E-state index in [9.17, 15) is 4.79 Å². The number of rotatable bonds is 9. The first-order valence-corrected chi connectivity index (χ1v) is 12.0. The third-order valence-corrected chi connectivity index (χ3v) is 6.31. The van der Waals surface area contributed by atoms with Gasteiger partial charge in [0.05, 0.1) is 13.7 Å². The number of hydrogen-bond donors (Lipinski definition) is 0. The summed E-state index contributed by atoms with van der Waals surface area (Å²) >= 11 is 0. The third-order valence-electron chi connectivity index (χ3n) is 6.31. The average Bonchev–Trinajstić information content (AvgIpc) is 2.89. The largest absolute Gasteiger partial charge is 0.497 e. The van der Waals surface area contributed by atoms with Crippen LogP contribution < -0.4 is 14.2 Å². The van der Waals surface area contributed by atoms with Crippen molar-refractivity contribution in [2.24, 2.45) is 5.92 Å². The fourth-order valence-corrected chi connectivity index (χ4v) is 4.44. The van der Waals surface area contributed by atoms with E-state index in [2.05, 4.69) is 30.3 Å². The van der Waals surface area contributed by atoms with Crippen molar-refractivity contribution < 1.29 is 19.0 Å². The molecule has 0 aliphatic carbocycles. The molecule has 1 heterocycles. The van der Waals surface area contributed by atoms with Gasteiger partial charge in [0.2, 0.25) is 0 Å². The summed E-state index contributed by atoms with van der Waals surface area (Å²) in [4.78, 5) is 15.2. The van der Waals surface area contributed by atoms with E-state index in [-0.39, 0.29) is 5.91 Å². The Hall–Kier alpha value is -3.47. The van der Waals surface area contributed by atoms with E-state index in [4.69, 9.17) is 14.2 Å². The fraction of sp³-hybridized carbons (Fsp3) is 0.345. The second-order valence-electron chi connectivity index (χ2n) is 8.65. The number of carbonyl (C=O) groups is 1. The number of methoxy groups -OCH3 is 1. The van der Waals surface area contributed by atoms with Crippen LogP contribution in [-0.2, 0) is 13.0 Å². The topological polar surface area (TPSA) is 48.0 Å². The highest BCUT2D eigenvalue weighted by Gasteiger charge is 2.24. The zero-order valence-corrected chi connectivity index (χ0v) is 20.0. The Morgan fingerprint density at radius 2 is 1.68 bits per heavy atom. The van der Waals surface area contributed by atoms with Gasteiger partial charge in [-0.1, -0.05) is 36.4 Å². The highest BCUT2D eigenvalue weighted by molar-refractivity contribution is 5.94. The van der Waals surface area contributed by atoms with Gasteiger partial charge in [-0.15, -0.1) is 0 Å². The van der Waals surface area contributed by atoms with Crippen LogP contribution >= 0.6 is 0 Å². The maximum absolute atomic E-state index is 13.3. The van der Waals surface area contributed by atoms with Crippen molar-refractivity contribution in [1.82, 2.24) is 4.90 Å². The van der Waals surface area contributed by atoms with Crippen molar-refractivity contribution in [2.75, 3.05) is 26.8 Å². The van der Waals surface area contributed by atoms with Gasteiger partial charge in [-0.25, -0.2) is 0 Å². The van der Waals surface area contributed by atoms with Gasteiger partial charge in [-0.2, -0.15) is 0 Å². The molecular weight excluding hydrogens is 426 g/mol. The van der Waals surface area contributed by atoms with E-state index in [1.165, 1.54) is 5.56 Å². The molecule has 0 saturated carbocycles. The van der Waals surface area contributed by atoms with Crippen LogP contribution in [-0.4, -0.2) is 37.6 Å². The fourth-order valence-electron chi connectivity index (χ4n) is 4.44. The number of amides is 1. The van der Waals surface area contributed by atoms with Gasteiger partial charge in [-0.05, 0) is 68.0 Å². The molecule has 0 aromatic heterocycles. The van der Waals surface area contributed by atoms with E-state index >= 15 is 0 Å². The van der Waals surface area contributed by atoms with Crippen LogP contribution in [0.15, 0.2) is 72.8 Å². The number of carbonyl (C=O) groups excluding carboxylic acids is 1. The molecule has 178 valence electrons. The van der Waals surface area contributed by atoms with E-state index < -0.39 is 0 Å². The van der Waals surface area contributed by atoms with Crippen LogP contribution in [0.3, 0.4) is 0 Å². The van der Waals surface area contributed by atoms with Gasteiger partial charge < -0.3 is 19.1 Å². The first kappa shape index (κ1) is 23.7. The average molecular weight is 460 g/mol. The first-order valence-electron chi connectivity index (χ1n) is 12.0. The molecule has 0 unspecified atom stereocenters. The second-order valence-corrected chi connectivity index (χ2v) is 8.65. The maximum Gasteiger partial charge on any atom is 0.253 e. The Morgan fingerprint density at radius 1 is 0.912 bits per heavy atom. The highest BCUT2D eigenvalue weighted by atomic mass is 16.5. The van der Waals surface area contributed by atoms with Crippen LogP contribution in [0.2, 0.25) is 0 Å². The summed E-state index contributed by atoms with van der Waals surface area (Å²) in [6.07, 6.45) is 3.14. The number of nitrogens with zero attached hydrogens (tertiary/aromatic N) is 1. The maximum atomic E-state index is 13.3. The number of piperidine rings is 1. The summed E-state index contributed by atoms with van der Waals surface area (Å²) in [7, 11) is 1.63. The molecule has 3 aromatic rings. The molecule has 1 saturated heterocycles. The molecule has 0 radical (unpaired) electrons. The molecule has 5 heteroatoms. The van der Waals surface area contributed by atoms with E-state index in [0.717, 1.165) is 49.4 Å². The van der Waals surface area contributed by atoms with E-state index in [1.54, 1.807) is 7.11 Å². The van der Waals surface area contributed by atoms with Crippen molar-refractivity contribution in [2.45, 2.75) is 32.8 Å². The van der Waals surface area contributed by atoms with Crippen LogP contribution in [0.1, 0.15) is 41.3 Å². The van der Waals surface area contributed by atoms with Crippen molar-refractivity contribution >= 4 is 5.91 Å². The Bertz CT molecular complexity index is 1070. The molecule has 3 aromatic carbocycles. The molecule has 4 rings (SSSR count). The van der Waals surface area contributed by atoms with E-state index in [1.807, 2.05) is 54.3 Å². The SMILES string of the molecule is CCOc1ccc(C(=O)N2CCC(Cc3ccccc3)CC2)cc1COc1cccc(OC)c1. The number of ether oxygens (including phenoxy) is 3. The zero-order chi connectivity index (χ0) is 23.8. The Labute approximate surface area is 202 Å². The van der Waals surface area contributed by atoms with Crippen LogP contribution in [0.5, 0.6) is 17.2 Å².